The highest BCUT2D eigenvalue weighted by Gasteiger charge is 2.02. The summed E-state index contributed by atoms with van der Waals surface area (Å²) in [6.07, 6.45) is 3.44. The summed E-state index contributed by atoms with van der Waals surface area (Å²) in [6.45, 7) is 4.29. The Labute approximate surface area is 153 Å². The molecule has 1 aromatic heterocycles. The van der Waals surface area contributed by atoms with E-state index in [9.17, 15) is 0 Å². The fraction of sp³-hybridized carbons (Fsp3) is 0.150. The van der Waals surface area contributed by atoms with E-state index in [1.807, 2.05) is 68.4 Å². The first-order valence-corrected chi connectivity index (χ1v) is 8.53. The van der Waals surface area contributed by atoms with Gasteiger partial charge in [-0.2, -0.15) is 0 Å². The number of nitrogens with zero attached hydrogens (tertiary/aromatic N) is 1. The predicted molar refractivity (Wildman–Crippen MR) is 106 cm³/mol. The van der Waals surface area contributed by atoms with Crippen molar-refractivity contribution in [3.05, 3.63) is 77.7 Å². The third-order valence-electron chi connectivity index (χ3n) is 3.27. The summed E-state index contributed by atoms with van der Waals surface area (Å²) in [5.41, 5.74) is 8.36. The molecule has 2 aromatic carbocycles. The summed E-state index contributed by atoms with van der Waals surface area (Å²) in [5.74, 6) is 0.762. The van der Waals surface area contributed by atoms with Gasteiger partial charge in [0.15, 0.2) is 0 Å². The quantitative estimate of drug-likeness (QED) is 0.659. The van der Waals surface area contributed by atoms with Crippen molar-refractivity contribution in [2.24, 2.45) is 5.73 Å². The molecule has 0 aliphatic carbocycles. The molecule has 5 heteroatoms. The van der Waals surface area contributed by atoms with Crippen molar-refractivity contribution in [2.75, 3.05) is 11.9 Å². The molecule has 0 fully saturated rings. The number of aromatic nitrogens is 1. The topological polar surface area (TPSA) is 60.2 Å². The fourth-order valence-corrected chi connectivity index (χ4v) is 2.25. The largest absolute Gasteiger partial charge is 0.487 e. The summed E-state index contributed by atoms with van der Waals surface area (Å²) >= 11 is 5.85. The number of rotatable bonds is 5. The Morgan fingerprint density at radius 3 is 2.60 bits per heavy atom. The van der Waals surface area contributed by atoms with E-state index in [4.69, 9.17) is 22.1 Å². The van der Waals surface area contributed by atoms with Crippen LogP contribution < -0.4 is 15.8 Å². The van der Waals surface area contributed by atoms with Gasteiger partial charge in [0.05, 0.1) is 11.2 Å². The van der Waals surface area contributed by atoms with Crippen LogP contribution in [0.4, 0.5) is 5.69 Å². The molecule has 1 heterocycles. The second-order valence-electron chi connectivity index (χ2n) is 4.99. The number of para-hydroxylation sites is 1. The molecule has 0 spiro atoms. The Hall–Kier alpha value is -2.72. The average molecular weight is 356 g/mol. The molecule has 25 heavy (non-hydrogen) atoms. The molecular formula is C20H22ClN3O. The molecule has 0 radical (unpaired) electrons. The molecule has 0 aliphatic rings. The van der Waals surface area contributed by atoms with Gasteiger partial charge in [-0.05, 0) is 42.5 Å². The highest BCUT2D eigenvalue weighted by atomic mass is 35.5. The maximum Gasteiger partial charge on any atom is 0.130 e. The van der Waals surface area contributed by atoms with E-state index in [2.05, 4.69) is 10.3 Å². The molecule has 4 nitrogen and oxygen atoms in total. The zero-order chi connectivity index (χ0) is 18.1. The van der Waals surface area contributed by atoms with Gasteiger partial charge in [0.1, 0.15) is 12.4 Å². The Morgan fingerprint density at radius 1 is 1.12 bits per heavy atom. The van der Waals surface area contributed by atoms with Gasteiger partial charge in [-0.25, -0.2) is 0 Å². The zero-order valence-electron chi connectivity index (χ0n) is 14.4. The maximum atomic E-state index is 5.98. The van der Waals surface area contributed by atoms with E-state index in [1.165, 1.54) is 0 Å². The summed E-state index contributed by atoms with van der Waals surface area (Å²) < 4.78 is 5.79. The minimum atomic E-state index is 0.286. The summed E-state index contributed by atoms with van der Waals surface area (Å²) in [7, 11) is 0. The standard InChI is InChI=1S/C18H16ClN3O.C2H6/c19-13-5-7-15(8-6-13)22-11-14(20)12-23-18-9-10-21-17-4-2-1-3-16(17)18;1-2/h1-11,22H,12,20H2;1-2H3/b14-11-;. The van der Waals surface area contributed by atoms with Crippen LogP contribution in [-0.4, -0.2) is 11.6 Å². The van der Waals surface area contributed by atoms with Crippen LogP contribution in [-0.2, 0) is 0 Å². The number of nitrogens with two attached hydrogens (primary N) is 1. The highest BCUT2D eigenvalue weighted by molar-refractivity contribution is 6.30. The van der Waals surface area contributed by atoms with E-state index in [1.54, 1.807) is 12.4 Å². The van der Waals surface area contributed by atoms with Gasteiger partial charge in [-0.3, -0.25) is 4.98 Å². The number of benzene rings is 2. The number of halogens is 1. The van der Waals surface area contributed by atoms with E-state index in [0.29, 0.717) is 10.7 Å². The van der Waals surface area contributed by atoms with Crippen LogP contribution in [0, 0.1) is 0 Å². The lowest BCUT2D eigenvalue weighted by atomic mass is 10.2. The number of fused-ring (bicyclic) bond motifs is 1. The monoisotopic (exact) mass is 355 g/mol. The highest BCUT2D eigenvalue weighted by Crippen LogP contribution is 2.23. The van der Waals surface area contributed by atoms with Gasteiger partial charge in [-0.15, -0.1) is 0 Å². The second-order valence-corrected chi connectivity index (χ2v) is 5.42. The fourth-order valence-electron chi connectivity index (χ4n) is 2.12. The van der Waals surface area contributed by atoms with Crippen molar-refractivity contribution in [1.29, 1.82) is 0 Å². The van der Waals surface area contributed by atoms with Crippen LogP contribution in [0.1, 0.15) is 13.8 Å². The van der Waals surface area contributed by atoms with Gasteiger partial charge in [-0.1, -0.05) is 37.6 Å². The maximum absolute atomic E-state index is 5.98. The van der Waals surface area contributed by atoms with E-state index in [0.717, 1.165) is 22.3 Å². The number of ether oxygens (including phenoxy) is 1. The van der Waals surface area contributed by atoms with E-state index >= 15 is 0 Å². The molecule has 0 amide bonds. The number of pyridine rings is 1. The Balaban J connectivity index is 0.00000109. The SMILES string of the molecule is CC.N/C(=C\Nc1ccc(Cl)cc1)COc1ccnc2ccccc12. The second kappa shape index (κ2) is 9.55. The molecule has 0 aliphatic heterocycles. The number of anilines is 1. The number of nitrogens with one attached hydrogen (secondary N) is 1. The molecule has 0 saturated carbocycles. The molecule has 3 rings (SSSR count). The van der Waals surface area contributed by atoms with Crippen LogP contribution >= 0.6 is 11.6 Å². The Kier molecular flexibility index (Phi) is 7.11. The van der Waals surface area contributed by atoms with Crippen molar-refractivity contribution in [1.82, 2.24) is 4.98 Å². The van der Waals surface area contributed by atoms with Crippen molar-refractivity contribution >= 4 is 28.2 Å². The van der Waals surface area contributed by atoms with Crippen molar-refractivity contribution < 1.29 is 4.74 Å². The molecule has 0 bridgehead atoms. The third kappa shape index (κ3) is 5.40. The molecular weight excluding hydrogens is 334 g/mol. The van der Waals surface area contributed by atoms with Gasteiger partial charge in [0.2, 0.25) is 0 Å². The van der Waals surface area contributed by atoms with Crippen molar-refractivity contribution in [3.63, 3.8) is 0 Å². The lowest BCUT2D eigenvalue weighted by Gasteiger charge is -2.09. The summed E-state index contributed by atoms with van der Waals surface area (Å²) in [6, 6.07) is 17.0. The first-order chi connectivity index (χ1) is 12.2. The average Bonchev–Trinajstić information content (AvgIpc) is 2.67. The molecule has 130 valence electrons. The number of hydrogen-bond acceptors (Lipinski definition) is 4. The normalized spacial score (nSPS) is 10.8. The minimum absolute atomic E-state index is 0.286. The molecule has 0 saturated heterocycles. The summed E-state index contributed by atoms with van der Waals surface area (Å²) in [4.78, 5) is 4.30. The first kappa shape index (κ1) is 18.6. The van der Waals surface area contributed by atoms with Crippen LogP contribution in [0.25, 0.3) is 10.9 Å². The minimum Gasteiger partial charge on any atom is -0.487 e. The molecule has 0 unspecified atom stereocenters. The first-order valence-electron chi connectivity index (χ1n) is 8.15. The van der Waals surface area contributed by atoms with E-state index < -0.39 is 0 Å². The van der Waals surface area contributed by atoms with Crippen molar-refractivity contribution in [3.8, 4) is 5.75 Å². The predicted octanol–water partition coefficient (Wildman–Crippen LogP) is 5.21. The molecule has 3 N–H and O–H groups in total. The Morgan fingerprint density at radius 2 is 1.84 bits per heavy atom. The third-order valence-corrected chi connectivity index (χ3v) is 3.52. The zero-order valence-corrected chi connectivity index (χ0v) is 15.1. The summed E-state index contributed by atoms with van der Waals surface area (Å²) in [5, 5.41) is 4.77. The van der Waals surface area contributed by atoms with Crippen LogP contribution in [0.15, 0.2) is 72.7 Å². The van der Waals surface area contributed by atoms with Crippen LogP contribution in [0.2, 0.25) is 5.02 Å². The molecule has 0 atom stereocenters. The number of hydrogen-bond donors (Lipinski definition) is 2. The van der Waals surface area contributed by atoms with E-state index in [-0.39, 0.29) is 6.61 Å². The van der Waals surface area contributed by atoms with Gasteiger partial charge >= 0.3 is 0 Å². The van der Waals surface area contributed by atoms with Gasteiger partial charge in [0.25, 0.3) is 0 Å². The van der Waals surface area contributed by atoms with Crippen molar-refractivity contribution in [2.45, 2.75) is 13.8 Å². The molecule has 3 aromatic rings. The van der Waals surface area contributed by atoms with Gasteiger partial charge in [0, 0.05) is 28.5 Å². The van der Waals surface area contributed by atoms with Crippen LogP contribution in [0.5, 0.6) is 5.75 Å². The lowest BCUT2D eigenvalue weighted by molar-refractivity contribution is 0.354. The lowest BCUT2D eigenvalue weighted by Crippen LogP contribution is -2.11. The smallest absolute Gasteiger partial charge is 0.130 e. The van der Waals surface area contributed by atoms with Gasteiger partial charge < -0.3 is 15.8 Å². The Bertz CT molecular complexity index is 826. The van der Waals surface area contributed by atoms with Crippen LogP contribution in [0.3, 0.4) is 0 Å².